The first-order valence-electron chi connectivity index (χ1n) is 15.1. The van der Waals surface area contributed by atoms with Gasteiger partial charge in [0.1, 0.15) is 6.10 Å². The summed E-state index contributed by atoms with van der Waals surface area (Å²) in [7, 11) is 0. The second kappa shape index (κ2) is 11.4. The Morgan fingerprint density at radius 3 is 2.38 bits per heavy atom. The predicted molar refractivity (Wildman–Crippen MR) is 158 cm³/mol. The maximum Gasteiger partial charge on any atom is 0.310 e. The van der Waals surface area contributed by atoms with E-state index in [-0.39, 0.29) is 34.3 Å². The van der Waals surface area contributed by atoms with Crippen LogP contribution >= 0.6 is 23.2 Å². The van der Waals surface area contributed by atoms with Gasteiger partial charge in [0.15, 0.2) is 0 Å². The van der Waals surface area contributed by atoms with Crippen LogP contribution < -0.4 is 10.2 Å². The molecule has 0 unspecified atom stereocenters. The summed E-state index contributed by atoms with van der Waals surface area (Å²) >= 11 is 11.9. The van der Waals surface area contributed by atoms with Crippen molar-refractivity contribution in [3.05, 3.63) is 29.8 Å². The van der Waals surface area contributed by atoms with Crippen molar-refractivity contribution in [2.45, 2.75) is 96.6 Å². The number of hydrogen-bond acceptors (Lipinski definition) is 4. The number of nitrogens with one attached hydrogen (secondary N) is 1. The third kappa shape index (κ3) is 5.56. The SMILES string of the molecule is C[C@@]12CC[C@@H]3[C@@H]4CCC(=O)N[C@]4(C)CC[C@@H]3[C@]1(C)CC[C@H](OC(=O)Cc1ccc(N(CCCl)CCCl)cc1)C2. The van der Waals surface area contributed by atoms with Gasteiger partial charge in [0.25, 0.3) is 0 Å². The van der Waals surface area contributed by atoms with E-state index in [0.29, 0.717) is 42.4 Å². The zero-order valence-corrected chi connectivity index (χ0v) is 25.5. The van der Waals surface area contributed by atoms with E-state index >= 15 is 0 Å². The molecule has 3 saturated carbocycles. The topological polar surface area (TPSA) is 58.6 Å². The van der Waals surface area contributed by atoms with Crippen LogP contribution in [0.2, 0.25) is 0 Å². The van der Waals surface area contributed by atoms with Crippen molar-refractivity contribution in [2.75, 3.05) is 29.7 Å². The van der Waals surface area contributed by atoms with Gasteiger partial charge < -0.3 is 15.0 Å². The molecule has 7 heteroatoms. The van der Waals surface area contributed by atoms with Crippen LogP contribution in [0.1, 0.15) is 84.1 Å². The number of esters is 1. The van der Waals surface area contributed by atoms with Gasteiger partial charge >= 0.3 is 5.97 Å². The fourth-order valence-corrected chi connectivity index (χ4v) is 9.56. The zero-order chi connectivity index (χ0) is 27.8. The zero-order valence-electron chi connectivity index (χ0n) is 23.9. The average Bonchev–Trinajstić information content (AvgIpc) is 2.89. The molecule has 0 bridgehead atoms. The molecule has 5 rings (SSSR count). The van der Waals surface area contributed by atoms with Gasteiger partial charge in [-0.1, -0.05) is 26.0 Å². The van der Waals surface area contributed by atoms with Crippen LogP contribution in [0.25, 0.3) is 0 Å². The van der Waals surface area contributed by atoms with E-state index in [1.165, 1.54) is 19.3 Å². The van der Waals surface area contributed by atoms with E-state index in [9.17, 15) is 9.59 Å². The van der Waals surface area contributed by atoms with E-state index in [1.807, 2.05) is 24.3 Å². The van der Waals surface area contributed by atoms with Gasteiger partial charge in [0.2, 0.25) is 5.91 Å². The third-order valence-corrected chi connectivity index (χ3v) is 11.8. The number of hydrogen-bond donors (Lipinski definition) is 1. The van der Waals surface area contributed by atoms with E-state index in [4.69, 9.17) is 27.9 Å². The number of piperidine rings is 1. The smallest absolute Gasteiger partial charge is 0.310 e. The number of fused-ring (bicyclic) bond motifs is 5. The Kier molecular flexibility index (Phi) is 8.51. The molecule has 5 nitrogen and oxygen atoms in total. The van der Waals surface area contributed by atoms with Crippen LogP contribution in [0.15, 0.2) is 24.3 Å². The highest BCUT2D eigenvalue weighted by Gasteiger charge is 2.62. The average molecular weight is 578 g/mol. The van der Waals surface area contributed by atoms with Crippen molar-refractivity contribution < 1.29 is 14.3 Å². The number of anilines is 1. The molecule has 1 aromatic carbocycles. The van der Waals surface area contributed by atoms with Crippen molar-refractivity contribution in [3.8, 4) is 0 Å². The minimum atomic E-state index is -0.126. The Balaban J connectivity index is 1.19. The molecule has 216 valence electrons. The number of carbonyl (C=O) groups is 2. The van der Waals surface area contributed by atoms with Gasteiger partial charge in [-0.05, 0) is 105 Å². The Bertz CT molecular complexity index is 1040. The third-order valence-electron chi connectivity index (χ3n) is 11.5. The molecule has 3 aliphatic carbocycles. The number of ether oxygens (including phenoxy) is 1. The number of halogens is 2. The molecule has 1 saturated heterocycles. The highest BCUT2D eigenvalue weighted by molar-refractivity contribution is 6.18. The highest BCUT2D eigenvalue weighted by Crippen LogP contribution is 2.67. The molecule has 1 aliphatic heterocycles. The minimum Gasteiger partial charge on any atom is -0.462 e. The quantitative estimate of drug-likeness (QED) is 0.275. The first-order valence-corrected chi connectivity index (χ1v) is 16.1. The van der Waals surface area contributed by atoms with Gasteiger partial charge in [-0.3, -0.25) is 9.59 Å². The fraction of sp³-hybridized carbons (Fsp3) is 0.750. The van der Waals surface area contributed by atoms with Crippen LogP contribution in [0.4, 0.5) is 5.69 Å². The molecule has 1 heterocycles. The van der Waals surface area contributed by atoms with E-state index in [0.717, 1.165) is 56.4 Å². The van der Waals surface area contributed by atoms with Gasteiger partial charge in [-0.25, -0.2) is 0 Å². The monoisotopic (exact) mass is 576 g/mol. The molecule has 0 radical (unpaired) electrons. The van der Waals surface area contributed by atoms with E-state index in [2.05, 4.69) is 31.0 Å². The molecule has 0 spiro atoms. The Morgan fingerprint density at radius 1 is 0.974 bits per heavy atom. The van der Waals surface area contributed by atoms with Crippen LogP contribution in [0, 0.1) is 28.6 Å². The molecule has 0 aromatic heterocycles. The molecule has 1 N–H and O–H groups in total. The summed E-state index contributed by atoms with van der Waals surface area (Å²) < 4.78 is 6.13. The lowest BCUT2D eigenvalue weighted by molar-refractivity contribution is -0.183. The van der Waals surface area contributed by atoms with Crippen molar-refractivity contribution in [3.63, 3.8) is 0 Å². The summed E-state index contributed by atoms with van der Waals surface area (Å²) in [5.74, 6) is 3.17. The normalized spacial score (nSPS) is 37.6. The summed E-state index contributed by atoms with van der Waals surface area (Å²) in [6.07, 6.45) is 9.72. The van der Waals surface area contributed by atoms with Gasteiger partial charge in [0, 0.05) is 42.5 Å². The Hall–Kier alpha value is -1.46. The highest BCUT2D eigenvalue weighted by atomic mass is 35.5. The largest absolute Gasteiger partial charge is 0.462 e. The number of carbonyl (C=O) groups excluding carboxylic acids is 2. The van der Waals surface area contributed by atoms with Crippen molar-refractivity contribution in [2.24, 2.45) is 28.6 Å². The van der Waals surface area contributed by atoms with E-state index < -0.39 is 0 Å². The van der Waals surface area contributed by atoms with Crippen LogP contribution in [-0.2, 0) is 20.7 Å². The van der Waals surface area contributed by atoms with Gasteiger partial charge in [-0.15, -0.1) is 23.2 Å². The molecule has 4 fully saturated rings. The fourth-order valence-electron chi connectivity index (χ4n) is 9.16. The molecule has 1 amide bonds. The summed E-state index contributed by atoms with van der Waals surface area (Å²) in [4.78, 5) is 27.3. The number of amides is 1. The van der Waals surface area contributed by atoms with E-state index in [1.54, 1.807) is 0 Å². The van der Waals surface area contributed by atoms with Crippen molar-refractivity contribution >= 4 is 40.8 Å². The Morgan fingerprint density at radius 2 is 1.69 bits per heavy atom. The minimum absolute atomic E-state index is 0.00263. The van der Waals surface area contributed by atoms with Crippen LogP contribution in [0.5, 0.6) is 0 Å². The number of rotatable bonds is 8. The summed E-state index contributed by atoms with van der Waals surface area (Å²) in [5, 5.41) is 3.38. The standard InChI is InChI=1S/C32H46Cl2N2O3/c1-30-13-11-25-26(12-15-32(3)27(25)8-9-28(37)35-32)31(30,2)14-10-24(21-30)39-29(38)20-22-4-6-23(7-5-22)36(18-16-33)19-17-34/h4-7,24-27H,8-21H2,1-3H3,(H,35,37)/t24-,25-,26-,27-,30-,31-,32+/m0/s1. The number of benzene rings is 1. The maximum atomic E-state index is 13.0. The molecule has 7 atom stereocenters. The summed E-state index contributed by atoms with van der Waals surface area (Å²) in [5.41, 5.74) is 2.45. The molecular weight excluding hydrogens is 531 g/mol. The maximum absolute atomic E-state index is 13.0. The Labute approximate surface area is 244 Å². The first kappa shape index (κ1) is 29.0. The van der Waals surface area contributed by atoms with Crippen molar-refractivity contribution in [1.82, 2.24) is 5.32 Å². The number of nitrogens with zero attached hydrogens (tertiary/aromatic N) is 1. The molecule has 39 heavy (non-hydrogen) atoms. The lowest BCUT2D eigenvalue weighted by atomic mass is 9.40. The predicted octanol–water partition coefficient (Wildman–Crippen LogP) is 6.73. The second-order valence-corrected chi connectivity index (χ2v) is 14.3. The lowest BCUT2D eigenvalue weighted by Crippen LogP contribution is -2.65. The van der Waals surface area contributed by atoms with Crippen LogP contribution in [0.3, 0.4) is 0 Å². The first-order chi connectivity index (χ1) is 18.6. The molecule has 1 aromatic rings. The van der Waals surface area contributed by atoms with Crippen LogP contribution in [-0.4, -0.2) is 48.4 Å². The molecule has 4 aliphatic rings. The summed E-state index contributed by atoms with van der Waals surface area (Å²) in [6.45, 7) is 8.78. The lowest BCUT2D eigenvalue weighted by Gasteiger charge is -2.66. The number of alkyl halides is 2. The second-order valence-electron chi connectivity index (χ2n) is 13.5. The van der Waals surface area contributed by atoms with Gasteiger partial charge in [-0.2, -0.15) is 0 Å². The summed E-state index contributed by atoms with van der Waals surface area (Å²) in [6, 6.07) is 8.11. The van der Waals surface area contributed by atoms with Gasteiger partial charge in [0.05, 0.1) is 6.42 Å². The molecular formula is C32H46Cl2N2O3. The van der Waals surface area contributed by atoms with Crippen molar-refractivity contribution in [1.29, 1.82) is 0 Å².